The molecule has 0 aliphatic carbocycles. The van der Waals surface area contributed by atoms with Gasteiger partial charge in [-0.05, 0) is 43.3 Å². The normalized spacial score (nSPS) is 11.4. The molecule has 4 nitrogen and oxygen atoms in total. The van der Waals surface area contributed by atoms with Crippen molar-refractivity contribution in [3.8, 4) is 5.69 Å². The second kappa shape index (κ2) is 5.11. The summed E-state index contributed by atoms with van der Waals surface area (Å²) in [6.45, 7) is 4.06. The smallest absolute Gasteiger partial charge is 0.184 e. The maximum atomic E-state index is 13.6. The van der Waals surface area contributed by atoms with Crippen LogP contribution in [0.15, 0.2) is 18.2 Å². The molecule has 0 radical (unpaired) electrons. The highest BCUT2D eigenvalue weighted by Crippen LogP contribution is 2.25. The molecule has 0 spiro atoms. The SMILES string of the molecule is CCCc1nn(C)c2c1[nH]c(=S)n2-c1cc(F)ccc1C. The number of imidazole rings is 1. The van der Waals surface area contributed by atoms with Crippen LogP contribution in [0.1, 0.15) is 24.6 Å². The Morgan fingerprint density at radius 2 is 2.14 bits per heavy atom. The molecule has 1 N–H and O–H groups in total. The first-order valence-electron chi connectivity index (χ1n) is 6.96. The third kappa shape index (κ3) is 2.19. The topological polar surface area (TPSA) is 38.5 Å². The van der Waals surface area contributed by atoms with Crippen LogP contribution in [0.4, 0.5) is 4.39 Å². The van der Waals surface area contributed by atoms with Crippen molar-refractivity contribution in [2.75, 3.05) is 0 Å². The van der Waals surface area contributed by atoms with Crippen LogP contribution in [0.5, 0.6) is 0 Å². The predicted molar refractivity (Wildman–Crippen MR) is 83.9 cm³/mol. The van der Waals surface area contributed by atoms with E-state index < -0.39 is 0 Å². The van der Waals surface area contributed by atoms with Gasteiger partial charge in [0.1, 0.15) is 11.3 Å². The molecule has 0 saturated carbocycles. The summed E-state index contributed by atoms with van der Waals surface area (Å²) in [5, 5.41) is 4.54. The third-order valence-electron chi connectivity index (χ3n) is 3.64. The minimum Gasteiger partial charge on any atom is -0.327 e. The lowest BCUT2D eigenvalue weighted by Gasteiger charge is -2.08. The van der Waals surface area contributed by atoms with E-state index in [4.69, 9.17) is 12.2 Å². The lowest BCUT2D eigenvalue weighted by Crippen LogP contribution is -2.03. The largest absolute Gasteiger partial charge is 0.327 e. The Morgan fingerprint density at radius 1 is 1.38 bits per heavy atom. The number of halogens is 1. The molecule has 0 aliphatic heterocycles. The summed E-state index contributed by atoms with van der Waals surface area (Å²) in [7, 11) is 1.88. The first-order chi connectivity index (χ1) is 10.0. The third-order valence-corrected chi connectivity index (χ3v) is 3.92. The molecule has 3 aromatic rings. The van der Waals surface area contributed by atoms with Crippen molar-refractivity contribution in [2.24, 2.45) is 7.05 Å². The van der Waals surface area contributed by atoms with Gasteiger partial charge in [0.05, 0.1) is 11.4 Å². The van der Waals surface area contributed by atoms with Crippen LogP contribution in [-0.4, -0.2) is 19.3 Å². The number of aryl methyl sites for hydroxylation is 3. The summed E-state index contributed by atoms with van der Waals surface area (Å²) < 4.78 is 17.8. The fourth-order valence-electron chi connectivity index (χ4n) is 2.67. The number of fused-ring (bicyclic) bond motifs is 1. The number of nitrogens with one attached hydrogen (secondary N) is 1. The highest BCUT2D eigenvalue weighted by Gasteiger charge is 2.17. The van der Waals surface area contributed by atoms with Crippen LogP contribution in [0.3, 0.4) is 0 Å². The zero-order valence-electron chi connectivity index (χ0n) is 12.3. The van der Waals surface area contributed by atoms with Gasteiger partial charge in [0.15, 0.2) is 10.4 Å². The van der Waals surface area contributed by atoms with Gasteiger partial charge in [-0.2, -0.15) is 5.10 Å². The second-order valence-corrected chi connectivity index (χ2v) is 5.60. The molecule has 2 heterocycles. The Balaban J connectivity index is 2.35. The summed E-state index contributed by atoms with van der Waals surface area (Å²) in [5.74, 6) is -0.275. The second-order valence-electron chi connectivity index (χ2n) is 5.22. The van der Waals surface area contributed by atoms with E-state index in [9.17, 15) is 4.39 Å². The monoisotopic (exact) mass is 304 g/mol. The van der Waals surface area contributed by atoms with Gasteiger partial charge in [0.25, 0.3) is 0 Å². The summed E-state index contributed by atoms with van der Waals surface area (Å²) in [4.78, 5) is 3.22. The molecule has 0 atom stereocenters. The van der Waals surface area contributed by atoms with Gasteiger partial charge in [0, 0.05) is 7.05 Å². The predicted octanol–water partition coefficient (Wildman–Crippen LogP) is 3.82. The zero-order valence-corrected chi connectivity index (χ0v) is 13.1. The molecule has 1 aromatic carbocycles. The standard InChI is InChI=1S/C15H17FN4S/c1-4-5-11-13-14(19(3)18-11)20(15(21)17-13)12-8-10(16)7-6-9(12)2/h6-8H,4-5H2,1-3H3,(H,17,21). The Morgan fingerprint density at radius 3 is 2.86 bits per heavy atom. The Labute approximate surface area is 127 Å². The molecule has 3 rings (SSSR count). The van der Waals surface area contributed by atoms with Crippen LogP contribution in [0, 0.1) is 17.5 Å². The van der Waals surface area contributed by atoms with Crippen molar-refractivity contribution in [3.05, 3.63) is 40.0 Å². The van der Waals surface area contributed by atoms with Gasteiger partial charge in [0.2, 0.25) is 0 Å². The Hall–Kier alpha value is -1.95. The average molecular weight is 304 g/mol. The number of aromatic nitrogens is 4. The van der Waals surface area contributed by atoms with E-state index in [1.807, 2.05) is 18.5 Å². The van der Waals surface area contributed by atoms with E-state index in [2.05, 4.69) is 17.0 Å². The number of aromatic amines is 1. The minimum absolute atomic E-state index is 0.275. The van der Waals surface area contributed by atoms with Crippen molar-refractivity contribution in [1.82, 2.24) is 19.3 Å². The maximum absolute atomic E-state index is 13.6. The first kappa shape index (κ1) is 14.0. The van der Waals surface area contributed by atoms with E-state index in [1.54, 1.807) is 10.7 Å². The van der Waals surface area contributed by atoms with E-state index in [0.717, 1.165) is 41.0 Å². The molecule has 21 heavy (non-hydrogen) atoms. The lowest BCUT2D eigenvalue weighted by atomic mass is 10.2. The van der Waals surface area contributed by atoms with Gasteiger partial charge in [-0.1, -0.05) is 19.4 Å². The molecule has 110 valence electrons. The molecule has 0 bridgehead atoms. The van der Waals surface area contributed by atoms with Crippen LogP contribution in [-0.2, 0) is 13.5 Å². The van der Waals surface area contributed by atoms with Crippen LogP contribution in [0.25, 0.3) is 16.9 Å². The fraction of sp³-hybridized carbons (Fsp3) is 0.333. The molecule has 6 heteroatoms. The molecule has 2 aromatic heterocycles. The maximum Gasteiger partial charge on any atom is 0.184 e. The molecular formula is C15H17FN4S. The molecule has 0 fully saturated rings. The van der Waals surface area contributed by atoms with Crippen molar-refractivity contribution in [3.63, 3.8) is 0 Å². The number of benzene rings is 1. The van der Waals surface area contributed by atoms with Crippen molar-refractivity contribution < 1.29 is 4.39 Å². The average Bonchev–Trinajstić information content (AvgIpc) is 2.91. The van der Waals surface area contributed by atoms with E-state index in [0.29, 0.717) is 4.77 Å². The van der Waals surface area contributed by atoms with Crippen LogP contribution < -0.4 is 0 Å². The van der Waals surface area contributed by atoms with Crippen molar-refractivity contribution in [1.29, 1.82) is 0 Å². The van der Waals surface area contributed by atoms with Gasteiger partial charge < -0.3 is 4.98 Å². The minimum atomic E-state index is -0.275. The molecule has 0 saturated heterocycles. The highest BCUT2D eigenvalue weighted by molar-refractivity contribution is 7.71. The first-order valence-corrected chi connectivity index (χ1v) is 7.37. The van der Waals surface area contributed by atoms with Crippen LogP contribution >= 0.6 is 12.2 Å². The lowest BCUT2D eigenvalue weighted by molar-refractivity contribution is 0.625. The van der Waals surface area contributed by atoms with Gasteiger partial charge >= 0.3 is 0 Å². The number of rotatable bonds is 3. The molecular weight excluding hydrogens is 287 g/mol. The molecule has 0 aliphatic rings. The molecule has 0 amide bonds. The number of hydrogen-bond donors (Lipinski definition) is 1. The fourth-order valence-corrected chi connectivity index (χ4v) is 2.96. The van der Waals surface area contributed by atoms with Crippen LogP contribution in [0.2, 0.25) is 0 Å². The molecule has 0 unspecified atom stereocenters. The highest BCUT2D eigenvalue weighted by atomic mass is 32.1. The Kier molecular flexibility index (Phi) is 3.41. The summed E-state index contributed by atoms with van der Waals surface area (Å²) in [6.07, 6.45) is 1.89. The van der Waals surface area contributed by atoms with E-state index in [-0.39, 0.29) is 5.82 Å². The Bertz CT molecular complexity index is 872. The summed E-state index contributed by atoms with van der Waals surface area (Å²) >= 11 is 5.44. The van der Waals surface area contributed by atoms with Crippen molar-refractivity contribution >= 4 is 23.4 Å². The number of nitrogens with zero attached hydrogens (tertiary/aromatic N) is 3. The van der Waals surface area contributed by atoms with Crippen molar-refractivity contribution in [2.45, 2.75) is 26.7 Å². The summed E-state index contributed by atoms with van der Waals surface area (Å²) in [5.41, 5.74) is 4.52. The number of hydrogen-bond acceptors (Lipinski definition) is 2. The van der Waals surface area contributed by atoms with Gasteiger partial charge in [-0.25, -0.2) is 9.07 Å². The van der Waals surface area contributed by atoms with E-state index >= 15 is 0 Å². The quantitative estimate of drug-likeness (QED) is 0.747. The summed E-state index contributed by atoms with van der Waals surface area (Å²) in [6, 6.07) is 4.72. The number of H-pyrrole nitrogens is 1. The zero-order chi connectivity index (χ0) is 15.1. The van der Waals surface area contributed by atoms with Gasteiger partial charge in [-0.3, -0.25) is 4.57 Å². The van der Waals surface area contributed by atoms with E-state index in [1.165, 1.54) is 12.1 Å². The van der Waals surface area contributed by atoms with Gasteiger partial charge in [-0.15, -0.1) is 0 Å².